The van der Waals surface area contributed by atoms with Crippen molar-refractivity contribution in [2.75, 3.05) is 24.2 Å². The van der Waals surface area contributed by atoms with E-state index in [4.69, 9.17) is 0 Å². The molecule has 3 rings (SSSR count). The number of benzene rings is 3. The van der Waals surface area contributed by atoms with E-state index >= 15 is 0 Å². The molecule has 0 aliphatic heterocycles. The Morgan fingerprint density at radius 2 is 1.61 bits per heavy atom. The first kappa shape index (κ1) is 27.3. The van der Waals surface area contributed by atoms with Gasteiger partial charge in [-0.25, -0.2) is 12.8 Å². The Balaban J connectivity index is 2.02. The highest BCUT2D eigenvalue weighted by molar-refractivity contribution is 9.10. The lowest BCUT2D eigenvalue weighted by molar-refractivity contribution is -0.139. The van der Waals surface area contributed by atoms with Crippen molar-refractivity contribution in [3.8, 4) is 0 Å². The summed E-state index contributed by atoms with van der Waals surface area (Å²) in [6.07, 6.45) is 1.21. The average Bonchev–Trinajstić information content (AvgIpc) is 2.84. The number of hydrogen-bond acceptors (Lipinski definition) is 4. The summed E-state index contributed by atoms with van der Waals surface area (Å²) >= 11 is 3.42. The van der Waals surface area contributed by atoms with Gasteiger partial charge in [-0.1, -0.05) is 58.4 Å². The lowest BCUT2D eigenvalue weighted by Crippen LogP contribution is -2.52. The highest BCUT2D eigenvalue weighted by atomic mass is 79.9. The fourth-order valence-corrected chi connectivity index (χ4v) is 5.07. The topological polar surface area (TPSA) is 86.8 Å². The maximum absolute atomic E-state index is 13.7. The van der Waals surface area contributed by atoms with Crippen LogP contribution < -0.4 is 9.62 Å². The van der Waals surface area contributed by atoms with E-state index in [1.54, 1.807) is 0 Å². The molecule has 1 atom stereocenters. The first-order chi connectivity index (χ1) is 17.1. The first-order valence-corrected chi connectivity index (χ1v) is 13.8. The Labute approximate surface area is 219 Å². The van der Waals surface area contributed by atoms with E-state index in [2.05, 4.69) is 21.2 Å². The van der Waals surface area contributed by atoms with Crippen LogP contribution in [0, 0.1) is 5.82 Å². The Morgan fingerprint density at radius 1 is 0.972 bits per heavy atom. The minimum atomic E-state index is -3.89. The standard InChI is InChI=1S/C26H27BrFN3O4S/c1-29-26(33)24(16-19-7-4-3-5-8-19)30(17-20-9-6-10-21(27)15-20)25(32)18-31(36(2,34)35)23-13-11-22(28)12-14-23/h3-15,24H,16-18H2,1-2H3,(H,29,33). The summed E-state index contributed by atoms with van der Waals surface area (Å²) in [6.45, 7) is -0.481. The minimum absolute atomic E-state index is 0.0736. The van der Waals surface area contributed by atoms with Gasteiger partial charge in [0.05, 0.1) is 11.9 Å². The largest absolute Gasteiger partial charge is 0.357 e. The second-order valence-electron chi connectivity index (χ2n) is 8.22. The number of hydrogen-bond donors (Lipinski definition) is 1. The Morgan fingerprint density at radius 3 is 2.19 bits per heavy atom. The SMILES string of the molecule is CNC(=O)C(Cc1ccccc1)N(Cc1cccc(Br)c1)C(=O)CN(c1ccc(F)cc1)S(C)(=O)=O. The highest BCUT2D eigenvalue weighted by Crippen LogP contribution is 2.21. The fourth-order valence-electron chi connectivity index (χ4n) is 3.77. The molecule has 7 nitrogen and oxygen atoms in total. The normalized spacial score (nSPS) is 12.0. The summed E-state index contributed by atoms with van der Waals surface area (Å²) in [7, 11) is -2.40. The van der Waals surface area contributed by atoms with E-state index in [0.717, 1.165) is 38.3 Å². The number of nitrogens with one attached hydrogen (secondary N) is 1. The number of amides is 2. The van der Waals surface area contributed by atoms with Gasteiger partial charge in [0.25, 0.3) is 0 Å². The molecule has 0 heterocycles. The van der Waals surface area contributed by atoms with E-state index in [1.807, 2.05) is 54.6 Å². The van der Waals surface area contributed by atoms with Crippen molar-refractivity contribution in [2.45, 2.75) is 19.0 Å². The van der Waals surface area contributed by atoms with Crippen LogP contribution >= 0.6 is 15.9 Å². The van der Waals surface area contributed by atoms with Gasteiger partial charge in [-0.05, 0) is 47.5 Å². The summed E-state index contributed by atoms with van der Waals surface area (Å²) in [6, 6.07) is 20.5. The van der Waals surface area contributed by atoms with E-state index in [9.17, 15) is 22.4 Å². The summed E-state index contributed by atoms with van der Waals surface area (Å²) < 4.78 is 40.4. The van der Waals surface area contributed by atoms with Crippen LogP contribution in [0.25, 0.3) is 0 Å². The zero-order valence-corrected chi connectivity index (χ0v) is 22.3. The smallest absolute Gasteiger partial charge is 0.244 e. The predicted molar refractivity (Wildman–Crippen MR) is 141 cm³/mol. The van der Waals surface area contributed by atoms with E-state index < -0.39 is 34.3 Å². The van der Waals surface area contributed by atoms with E-state index in [1.165, 1.54) is 24.1 Å². The molecule has 0 spiro atoms. The van der Waals surface area contributed by atoms with Gasteiger partial charge in [-0.3, -0.25) is 13.9 Å². The Kier molecular flexibility index (Phi) is 9.22. The maximum Gasteiger partial charge on any atom is 0.244 e. The number of anilines is 1. The number of sulfonamides is 1. The molecule has 3 aromatic carbocycles. The molecule has 0 aliphatic carbocycles. The van der Waals surface area contributed by atoms with Crippen LogP contribution in [0.15, 0.2) is 83.3 Å². The molecule has 0 bridgehead atoms. The van der Waals surface area contributed by atoms with Gasteiger partial charge < -0.3 is 10.2 Å². The van der Waals surface area contributed by atoms with Crippen molar-refractivity contribution < 1.29 is 22.4 Å². The number of nitrogens with zero attached hydrogens (tertiary/aromatic N) is 2. The molecule has 0 saturated carbocycles. The monoisotopic (exact) mass is 575 g/mol. The maximum atomic E-state index is 13.7. The summed E-state index contributed by atoms with van der Waals surface area (Å²) in [5.74, 6) is -1.48. The lowest BCUT2D eigenvalue weighted by Gasteiger charge is -2.33. The van der Waals surface area contributed by atoms with E-state index in [-0.39, 0.29) is 24.6 Å². The van der Waals surface area contributed by atoms with Gasteiger partial charge in [-0.15, -0.1) is 0 Å². The molecule has 0 aromatic heterocycles. The van der Waals surface area contributed by atoms with Crippen LogP contribution in [0.2, 0.25) is 0 Å². The molecule has 0 saturated heterocycles. The van der Waals surface area contributed by atoms with Crippen LogP contribution in [0.3, 0.4) is 0 Å². The van der Waals surface area contributed by atoms with Crippen molar-refractivity contribution in [1.29, 1.82) is 0 Å². The third-order valence-electron chi connectivity index (χ3n) is 5.55. The molecule has 0 fully saturated rings. The Hall–Kier alpha value is -3.24. The van der Waals surface area contributed by atoms with Crippen molar-refractivity contribution in [1.82, 2.24) is 10.2 Å². The lowest BCUT2D eigenvalue weighted by atomic mass is 10.0. The second-order valence-corrected chi connectivity index (χ2v) is 11.0. The third-order valence-corrected chi connectivity index (χ3v) is 7.19. The van der Waals surface area contributed by atoms with Crippen molar-refractivity contribution in [3.63, 3.8) is 0 Å². The molecular formula is C26H27BrFN3O4S. The molecule has 190 valence electrons. The molecule has 10 heteroatoms. The zero-order chi connectivity index (χ0) is 26.3. The molecule has 2 amide bonds. The van der Waals surface area contributed by atoms with E-state index in [0.29, 0.717) is 0 Å². The van der Waals surface area contributed by atoms with Gasteiger partial charge in [0.15, 0.2) is 0 Å². The number of halogens is 2. The van der Waals surface area contributed by atoms with Gasteiger partial charge in [0, 0.05) is 24.5 Å². The van der Waals surface area contributed by atoms with Gasteiger partial charge in [0.1, 0.15) is 18.4 Å². The van der Waals surface area contributed by atoms with Crippen molar-refractivity contribution >= 4 is 43.5 Å². The molecular weight excluding hydrogens is 549 g/mol. The fraction of sp³-hybridized carbons (Fsp3) is 0.231. The molecule has 1 N–H and O–H groups in total. The van der Waals surface area contributed by atoms with Gasteiger partial charge in [-0.2, -0.15) is 0 Å². The number of carbonyl (C=O) groups is 2. The van der Waals surface area contributed by atoms with Crippen LogP contribution in [0.1, 0.15) is 11.1 Å². The number of likely N-dealkylation sites (N-methyl/N-ethyl adjacent to an activating group) is 1. The van der Waals surface area contributed by atoms with Gasteiger partial charge >= 0.3 is 0 Å². The zero-order valence-electron chi connectivity index (χ0n) is 19.9. The number of carbonyl (C=O) groups excluding carboxylic acids is 2. The van der Waals surface area contributed by atoms with Crippen LogP contribution in [-0.4, -0.2) is 51.0 Å². The summed E-state index contributed by atoms with van der Waals surface area (Å²) in [4.78, 5) is 28.1. The van der Waals surface area contributed by atoms with Crippen LogP contribution in [0.4, 0.5) is 10.1 Å². The quantitative estimate of drug-likeness (QED) is 0.399. The minimum Gasteiger partial charge on any atom is -0.357 e. The second kappa shape index (κ2) is 12.1. The molecule has 0 radical (unpaired) electrons. The predicted octanol–water partition coefficient (Wildman–Crippen LogP) is 3.74. The third kappa shape index (κ3) is 7.38. The van der Waals surface area contributed by atoms with Crippen molar-refractivity contribution in [3.05, 3.63) is 100 Å². The van der Waals surface area contributed by atoms with Crippen LogP contribution in [0.5, 0.6) is 0 Å². The van der Waals surface area contributed by atoms with Crippen molar-refractivity contribution in [2.24, 2.45) is 0 Å². The molecule has 3 aromatic rings. The molecule has 1 unspecified atom stereocenters. The summed E-state index contributed by atoms with van der Waals surface area (Å²) in [5, 5.41) is 2.62. The average molecular weight is 576 g/mol. The van der Waals surface area contributed by atoms with Crippen LogP contribution in [-0.2, 0) is 32.6 Å². The number of rotatable bonds is 10. The Bertz CT molecular complexity index is 1300. The van der Waals surface area contributed by atoms with Gasteiger partial charge in [0.2, 0.25) is 21.8 Å². The molecule has 36 heavy (non-hydrogen) atoms. The summed E-state index contributed by atoms with van der Waals surface area (Å²) in [5.41, 5.74) is 1.75. The first-order valence-electron chi connectivity index (χ1n) is 11.1. The highest BCUT2D eigenvalue weighted by Gasteiger charge is 2.32. The molecule has 0 aliphatic rings.